The molecule has 3 rings (SSSR count). The minimum Gasteiger partial charge on any atom is -0.485 e. The topological polar surface area (TPSA) is 72.1 Å². The average Bonchev–Trinajstić information content (AvgIpc) is 2.63. The van der Waals surface area contributed by atoms with Crippen molar-refractivity contribution >= 4 is 21.7 Å². The molecule has 0 aliphatic rings. The SMILES string of the molecule is O=C(COc1cccc(Cc2ccc(=O)[nH]n2)c1)c1ccc(Br)cc1. The maximum Gasteiger partial charge on any atom is 0.264 e. The Bertz CT molecular complexity index is 915. The maximum atomic E-state index is 12.2. The molecule has 0 amide bonds. The number of hydrogen-bond donors (Lipinski definition) is 1. The Balaban J connectivity index is 1.63. The Morgan fingerprint density at radius 1 is 1.08 bits per heavy atom. The Morgan fingerprint density at radius 2 is 1.88 bits per heavy atom. The summed E-state index contributed by atoms with van der Waals surface area (Å²) in [5.74, 6) is 0.535. The van der Waals surface area contributed by atoms with Crippen molar-refractivity contribution in [2.75, 3.05) is 6.61 Å². The number of carbonyl (C=O) groups excluding carboxylic acids is 1. The highest BCUT2D eigenvalue weighted by atomic mass is 79.9. The fourth-order valence-corrected chi connectivity index (χ4v) is 2.56. The van der Waals surface area contributed by atoms with Crippen molar-refractivity contribution in [3.63, 3.8) is 0 Å². The third-order valence-electron chi connectivity index (χ3n) is 3.56. The van der Waals surface area contributed by atoms with Crippen LogP contribution in [-0.2, 0) is 6.42 Å². The van der Waals surface area contributed by atoms with Crippen LogP contribution in [0.3, 0.4) is 0 Å². The molecule has 126 valence electrons. The zero-order valence-corrected chi connectivity index (χ0v) is 14.8. The molecule has 6 heteroatoms. The molecular formula is C19H15BrN2O3. The van der Waals surface area contributed by atoms with Gasteiger partial charge in [0.15, 0.2) is 12.4 Å². The summed E-state index contributed by atoms with van der Waals surface area (Å²) in [6.45, 7) is -0.0258. The van der Waals surface area contributed by atoms with Gasteiger partial charge in [-0.1, -0.05) is 40.2 Å². The third-order valence-corrected chi connectivity index (χ3v) is 4.09. The number of aromatic nitrogens is 2. The van der Waals surface area contributed by atoms with Crippen molar-refractivity contribution in [2.45, 2.75) is 6.42 Å². The molecule has 5 nitrogen and oxygen atoms in total. The average molecular weight is 399 g/mol. The molecule has 1 heterocycles. The van der Waals surface area contributed by atoms with Gasteiger partial charge >= 0.3 is 0 Å². The number of benzene rings is 2. The first-order valence-electron chi connectivity index (χ1n) is 7.65. The Hall–Kier alpha value is -2.73. The number of Topliss-reactive ketones (excluding diaryl/α,β-unsaturated/α-hetero) is 1. The van der Waals surface area contributed by atoms with Crippen LogP contribution in [0.4, 0.5) is 0 Å². The number of aromatic amines is 1. The summed E-state index contributed by atoms with van der Waals surface area (Å²) < 4.78 is 6.54. The number of nitrogens with zero attached hydrogens (tertiary/aromatic N) is 1. The monoisotopic (exact) mass is 398 g/mol. The van der Waals surface area contributed by atoms with E-state index < -0.39 is 0 Å². The van der Waals surface area contributed by atoms with Crippen LogP contribution in [0, 0.1) is 0 Å². The van der Waals surface area contributed by atoms with Crippen LogP contribution >= 0.6 is 15.9 Å². The summed E-state index contributed by atoms with van der Waals surface area (Å²) in [5, 5.41) is 6.40. The molecule has 25 heavy (non-hydrogen) atoms. The van der Waals surface area contributed by atoms with Crippen LogP contribution in [0.1, 0.15) is 21.6 Å². The van der Waals surface area contributed by atoms with E-state index in [0.717, 1.165) is 15.7 Å². The quantitative estimate of drug-likeness (QED) is 0.645. The Morgan fingerprint density at radius 3 is 2.60 bits per heavy atom. The number of H-pyrrole nitrogens is 1. The number of ketones is 1. The van der Waals surface area contributed by atoms with Gasteiger partial charge in [-0.3, -0.25) is 9.59 Å². The molecule has 1 N–H and O–H groups in total. The lowest BCUT2D eigenvalue weighted by atomic mass is 10.1. The molecule has 1 aromatic heterocycles. The molecule has 0 aliphatic heterocycles. The number of nitrogens with one attached hydrogen (secondary N) is 1. The van der Waals surface area contributed by atoms with E-state index in [-0.39, 0.29) is 17.9 Å². The van der Waals surface area contributed by atoms with Crippen LogP contribution in [0.15, 0.2) is 69.9 Å². The van der Waals surface area contributed by atoms with Crippen LogP contribution < -0.4 is 10.3 Å². The highest BCUT2D eigenvalue weighted by Crippen LogP contribution is 2.16. The molecule has 0 saturated heterocycles. The van der Waals surface area contributed by atoms with Gasteiger partial charge in [0.25, 0.3) is 5.56 Å². The second-order valence-corrected chi connectivity index (χ2v) is 6.37. The van der Waals surface area contributed by atoms with E-state index >= 15 is 0 Å². The standard InChI is InChI=1S/C19H15BrN2O3/c20-15-6-4-14(5-7-15)18(23)12-25-17-3-1-2-13(11-17)10-16-8-9-19(24)22-21-16/h1-9,11H,10,12H2,(H,22,24). The third kappa shape index (κ3) is 4.87. The summed E-state index contributed by atoms with van der Waals surface area (Å²) in [6.07, 6.45) is 0.564. The zero-order chi connectivity index (χ0) is 17.6. The van der Waals surface area contributed by atoms with Crippen molar-refractivity contribution in [2.24, 2.45) is 0 Å². The van der Waals surface area contributed by atoms with Gasteiger partial charge in [-0.15, -0.1) is 0 Å². The van der Waals surface area contributed by atoms with Crippen LogP contribution in [0.5, 0.6) is 5.75 Å². The second-order valence-electron chi connectivity index (χ2n) is 5.46. The largest absolute Gasteiger partial charge is 0.485 e. The molecule has 0 atom stereocenters. The van der Waals surface area contributed by atoms with Gasteiger partial charge < -0.3 is 4.74 Å². The molecule has 0 radical (unpaired) electrons. The zero-order valence-electron chi connectivity index (χ0n) is 13.2. The van der Waals surface area contributed by atoms with E-state index in [1.807, 2.05) is 30.3 Å². The van der Waals surface area contributed by atoms with E-state index in [1.54, 1.807) is 24.3 Å². The minimum atomic E-state index is -0.229. The molecule has 0 spiro atoms. The van der Waals surface area contributed by atoms with Gasteiger partial charge in [0.2, 0.25) is 0 Å². The second kappa shape index (κ2) is 7.90. The van der Waals surface area contributed by atoms with E-state index in [4.69, 9.17) is 4.74 Å². The molecule has 0 bridgehead atoms. The van der Waals surface area contributed by atoms with E-state index in [1.165, 1.54) is 6.07 Å². The lowest BCUT2D eigenvalue weighted by molar-refractivity contribution is 0.0921. The van der Waals surface area contributed by atoms with Crippen LogP contribution in [0.25, 0.3) is 0 Å². The summed E-state index contributed by atoms with van der Waals surface area (Å²) in [7, 11) is 0. The predicted molar refractivity (Wildman–Crippen MR) is 98.1 cm³/mol. The fourth-order valence-electron chi connectivity index (χ4n) is 2.29. The number of rotatable bonds is 6. The fraction of sp³-hybridized carbons (Fsp3) is 0.105. The maximum absolute atomic E-state index is 12.2. The van der Waals surface area contributed by atoms with Gasteiger partial charge in [0.05, 0.1) is 5.69 Å². The van der Waals surface area contributed by atoms with Crippen molar-refractivity contribution in [1.82, 2.24) is 10.2 Å². The smallest absolute Gasteiger partial charge is 0.264 e. The summed E-state index contributed by atoms with van der Waals surface area (Å²) in [4.78, 5) is 23.2. The molecule has 0 aliphatic carbocycles. The summed E-state index contributed by atoms with van der Waals surface area (Å²) in [5.41, 5.74) is 2.11. The van der Waals surface area contributed by atoms with Crippen LogP contribution in [-0.4, -0.2) is 22.6 Å². The highest BCUT2D eigenvalue weighted by Gasteiger charge is 2.07. The number of ether oxygens (including phenoxy) is 1. The molecule has 2 aromatic carbocycles. The molecule has 0 unspecified atom stereocenters. The lowest BCUT2D eigenvalue weighted by Crippen LogP contribution is -2.11. The lowest BCUT2D eigenvalue weighted by Gasteiger charge is -2.08. The predicted octanol–water partition coefficient (Wildman–Crippen LogP) is 3.38. The Labute approximate surface area is 152 Å². The van der Waals surface area contributed by atoms with E-state index in [9.17, 15) is 9.59 Å². The first-order valence-corrected chi connectivity index (χ1v) is 8.44. The van der Waals surface area contributed by atoms with Gasteiger partial charge in [-0.25, -0.2) is 5.10 Å². The van der Waals surface area contributed by atoms with Gasteiger partial charge in [0, 0.05) is 22.5 Å². The minimum absolute atomic E-state index is 0.0258. The van der Waals surface area contributed by atoms with Gasteiger partial charge in [-0.2, -0.15) is 5.10 Å². The Kier molecular flexibility index (Phi) is 5.40. The van der Waals surface area contributed by atoms with Gasteiger partial charge in [-0.05, 0) is 35.9 Å². The normalized spacial score (nSPS) is 10.4. The molecule has 0 saturated carbocycles. The number of halogens is 1. The van der Waals surface area contributed by atoms with Crippen molar-refractivity contribution in [3.05, 3.63) is 92.3 Å². The highest BCUT2D eigenvalue weighted by molar-refractivity contribution is 9.10. The number of hydrogen-bond acceptors (Lipinski definition) is 4. The summed E-state index contributed by atoms with van der Waals surface area (Å²) >= 11 is 3.34. The van der Waals surface area contributed by atoms with E-state index in [2.05, 4.69) is 26.1 Å². The first-order chi connectivity index (χ1) is 12.1. The molecule has 3 aromatic rings. The van der Waals surface area contributed by atoms with Crippen LogP contribution in [0.2, 0.25) is 0 Å². The molecular weight excluding hydrogens is 384 g/mol. The first kappa shape index (κ1) is 17.1. The molecule has 0 fully saturated rings. The van der Waals surface area contributed by atoms with Crippen molar-refractivity contribution in [1.29, 1.82) is 0 Å². The van der Waals surface area contributed by atoms with Crippen molar-refractivity contribution in [3.8, 4) is 5.75 Å². The summed E-state index contributed by atoms with van der Waals surface area (Å²) in [6, 6.07) is 17.8. The van der Waals surface area contributed by atoms with Gasteiger partial charge in [0.1, 0.15) is 5.75 Å². The van der Waals surface area contributed by atoms with Crippen molar-refractivity contribution < 1.29 is 9.53 Å². The number of carbonyl (C=O) groups is 1. The van der Waals surface area contributed by atoms with E-state index in [0.29, 0.717) is 17.7 Å².